The molecule has 4 atom stereocenters. The molecule has 10 heteroatoms. The van der Waals surface area contributed by atoms with Crippen LogP contribution in [0.3, 0.4) is 0 Å². The van der Waals surface area contributed by atoms with Gasteiger partial charge in [0.05, 0.1) is 18.0 Å². The van der Waals surface area contributed by atoms with Gasteiger partial charge in [0.25, 0.3) is 5.91 Å². The van der Waals surface area contributed by atoms with Gasteiger partial charge in [0.1, 0.15) is 24.4 Å². The van der Waals surface area contributed by atoms with Gasteiger partial charge >= 0.3 is 0 Å². The van der Waals surface area contributed by atoms with Crippen LogP contribution >= 0.6 is 0 Å². The summed E-state index contributed by atoms with van der Waals surface area (Å²) in [5.41, 5.74) is 1.27. The Labute approximate surface area is 241 Å². The SMILES string of the molecule is CCN1CCC[C@H]1CNC(=O)[C@@H]1CC(=O)N[C@@H](C)C(=O)N(C)[C@@H](Cc2ccccc2)COc2ccccc2C(=O)N1. The summed E-state index contributed by atoms with van der Waals surface area (Å²) in [5.74, 6) is -1.40. The van der Waals surface area contributed by atoms with Gasteiger partial charge in [-0.05, 0) is 57.0 Å². The first-order valence-corrected chi connectivity index (χ1v) is 14.4. The average molecular weight is 564 g/mol. The van der Waals surface area contributed by atoms with E-state index in [1.54, 1.807) is 43.1 Å². The van der Waals surface area contributed by atoms with E-state index in [-0.39, 0.29) is 36.6 Å². The van der Waals surface area contributed by atoms with Gasteiger partial charge in [-0.25, -0.2) is 0 Å². The van der Waals surface area contributed by atoms with Crippen molar-refractivity contribution >= 4 is 23.6 Å². The minimum absolute atomic E-state index is 0.126. The van der Waals surface area contributed by atoms with Crippen molar-refractivity contribution in [3.05, 3.63) is 65.7 Å². The fourth-order valence-electron chi connectivity index (χ4n) is 5.52. The van der Waals surface area contributed by atoms with Gasteiger partial charge in [0, 0.05) is 19.6 Å². The molecule has 0 unspecified atom stereocenters. The Kier molecular flexibility index (Phi) is 10.3. The highest BCUT2D eigenvalue weighted by Crippen LogP contribution is 2.21. The van der Waals surface area contributed by atoms with Crippen molar-refractivity contribution < 1.29 is 23.9 Å². The molecule has 0 radical (unpaired) electrons. The molecular weight excluding hydrogens is 522 g/mol. The summed E-state index contributed by atoms with van der Waals surface area (Å²) < 4.78 is 6.15. The molecule has 0 bridgehead atoms. The van der Waals surface area contributed by atoms with Crippen molar-refractivity contribution in [1.29, 1.82) is 0 Å². The lowest BCUT2D eigenvalue weighted by Gasteiger charge is -2.31. The quantitative estimate of drug-likeness (QED) is 0.493. The minimum Gasteiger partial charge on any atom is -0.491 e. The Morgan fingerprint density at radius 1 is 1.02 bits per heavy atom. The third kappa shape index (κ3) is 7.85. The molecule has 2 aliphatic heterocycles. The second kappa shape index (κ2) is 14.1. The van der Waals surface area contributed by atoms with Crippen LogP contribution in [0, 0.1) is 0 Å². The molecule has 2 aromatic carbocycles. The first kappa shape index (κ1) is 30.0. The third-order valence-corrected chi connectivity index (χ3v) is 7.95. The summed E-state index contributed by atoms with van der Waals surface area (Å²) in [7, 11) is 1.69. The van der Waals surface area contributed by atoms with Gasteiger partial charge in [-0.1, -0.05) is 49.4 Å². The molecule has 2 aromatic rings. The first-order chi connectivity index (χ1) is 19.8. The van der Waals surface area contributed by atoms with Gasteiger partial charge in [-0.3, -0.25) is 24.1 Å². The highest BCUT2D eigenvalue weighted by atomic mass is 16.5. The zero-order chi connectivity index (χ0) is 29.4. The van der Waals surface area contributed by atoms with E-state index in [1.165, 1.54) is 0 Å². The number of amides is 4. The summed E-state index contributed by atoms with van der Waals surface area (Å²) >= 11 is 0. The molecule has 2 aliphatic rings. The van der Waals surface area contributed by atoms with E-state index in [0.29, 0.717) is 18.7 Å². The molecule has 220 valence electrons. The second-order valence-corrected chi connectivity index (χ2v) is 10.8. The Hall–Kier alpha value is -3.92. The summed E-state index contributed by atoms with van der Waals surface area (Å²) in [5, 5.41) is 8.40. The second-order valence-electron chi connectivity index (χ2n) is 10.8. The molecule has 3 N–H and O–H groups in total. The van der Waals surface area contributed by atoms with Crippen LogP contribution in [-0.4, -0.2) is 90.9 Å². The van der Waals surface area contributed by atoms with Crippen molar-refractivity contribution in [2.45, 2.75) is 63.7 Å². The maximum absolute atomic E-state index is 13.4. The standard InChI is InChI=1S/C31H41N5O5/c1-4-36-16-10-13-23(36)19-32-30(39)26-18-28(37)33-21(2)31(40)35(3)24(17-22-11-6-5-7-12-22)20-41-27-15-9-8-14-25(27)29(38)34-26/h5-9,11-12,14-15,21,23-24,26H,4,10,13,16-20H2,1-3H3,(H,32,39)(H,33,37)(H,34,38)/t21-,23-,24-,26-/m0/s1. The zero-order valence-electron chi connectivity index (χ0n) is 24.1. The molecule has 0 aliphatic carbocycles. The first-order valence-electron chi connectivity index (χ1n) is 14.4. The summed E-state index contributed by atoms with van der Waals surface area (Å²) in [6, 6.07) is 14.4. The maximum atomic E-state index is 13.4. The van der Waals surface area contributed by atoms with Crippen molar-refractivity contribution in [3.63, 3.8) is 0 Å². The topological polar surface area (TPSA) is 120 Å². The van der Waals surface area contributed by atoms with Crippen LogP contribution < -0.4 is 20.7 Å². The van der Waals surface area contributed by atoms with Crippen LogP contribution in [0.5, 0.6) is 5.75 Å². The van der Waals surface area contributed by atoms with E-state index in [2.05, 4.69) is 27.8 Å². The fraction of sp³-hybridized carbons (Fsp3) is 0.484. The molecule has 1 saturated heterocycles. The smallest absolute Gasteiger partial charge is 0.255 e. The summed E-state index contributed by atoms with van der Waals surface area (Å²) in [4.78, 5) is 57.1. The summed E-state index contributed by atoms with van der Waals surface area (Å²) in [6.45, 7) is 6.15. The molecule has 4 rings (SSSR count). The number of nitrogens with one attached hydrogen (secondary N) is 3. The van der Waals surface area contributed by atoms with E-state index in [4.69, 9.17) is 4.74 Å². The number of benzene rings is 2. The molecule has 10 nitrogen and oxygen atoms in total. The number of nitrogens with zero attached hydrogens (tertiary/aromatic N) is 2. The van der Waals surface area contributed by atoms with E-state index >= 15 is 0 Å². The highest BCUT2D eigenvalue weighted by molar-refractivity contribution is 6.01. The minimum atomic E-state index is -1.12. The highest BCUT2D eigenvalue weighted by Gasteiger charge is 2.31. The Morgan fingerprint density at radius 2 is 1.76 bits per heavy atom. The molecular formula is C31H41N5O5. The molecule has 2 heterocycles. The van der Waals surface area contributed by atoms with Gasteiger partial charge in [0.15, 0.2) is 0 Å². The predicted molar refractivity (Wildman–Crippen MR) is 155 cm³/mol. The normalized spacial score (nSPS) is 24.5. The molecule has 0 saturated carbocycles. The van der Waals surface area contributed by atoms with Gasteiger partial charge in [-0.2, -0.15) is 0 Å². The Balaban J connectivity index is 1.57. The van der Waals surface area contributed by atoms with Gasteiger partial charge in [-0.15, -0.1) is 0 Å². The Morgan fingerprint density at radius 3 is 2.51 bits per heavy atom. The van der Waals surface area contributed by atoms with Gasteiger partial charge in [0.2, 0.25) is 17.7 Å². The predicted octanol–water partition coefficient (Wildman–Crippen LogP) is 1.74. The number of likely N-dealkylation sites (tertiary alicyclic amines) is 1. The van der Waals surface area contributed by atoms with Crippen LogP contribution in [0.2, 0.25) is 0 Å². The zero-order valence-corrected chi connectivity index (χ0v) is 24.1. The van der Waals surface area contributed by atoms with Crippen LogP contribution in [-0.2, 0) is 20.8 Å². The van der Waals surface area contributed by atoms with E-state index in [1.807, 2.05) is 30.3 Å². The molecule has 1 fully saturated rings. The third-order valence-electron chi connectivity index (χ3n) is 7.95. The monoisotopic (exact) mass is 563 g/mol. The van der Waals surface area contributed by atoms with Crippen LogP contribution in [0.1, 0.15) is 49.0 Å². The van der Waals surface area contributed by atoms with E-state index in [9.17, 15) is 19.2 Å². The Bertz CT molecular complexity index is 1220. The lowest BCUT2D eigenvalue weighted by molar-refractivity contribution is -0.137. The number of ether oxygens (including phenoxy) is 1. The molecule has 0 aromatic heterocycles. The largest absolute Gasteiger partial charge is 0.491 e. The fourth-order valence-corrected chi connectivity index (χ4v) is 5.52. The number of carbonyl (C=O) groups excluding carboxylic acids is 4. The van der Waals surface area contributed by atoms with E-state index < -0.39 is 29.8 Å². The number of hydrogen-bond acceptors (Lipinski definition) is 6. The average Bonchev–Trinajstić information content (AvgIpc) is 3.44. The number of rotatable bonds is 6. The van der Waals surface area contributed by atoms with Crippen LogP contribution in [0.15, 0.2) is 54.6 Å². The van der Waals surface area contributed by atoms with Crippen molar-refractivity contribution in [1.82, 2.24) is 25.8 Å². The molecule has 4 amide bonds. The van der Waals surface area contributed by atoms with Crippen LogP contribution in [0.25, 0.3) is 0 Å². The van der Waals surface area contributed by atoms with Crippen molar-refractivity contribution in [2.75, 3.05) is 33.3 Å². The van der Waals surface area contributed by atoms with Crippen molar-refractivity contribution in [2.24, 2.45) is 0 Å². The molecule has 41 heavy (non-hydrogen) atoms. The lowest BCUT2D eigenvalue weighted by Crippen LogP contribution is -2.54. The van der Waals surface area contributed by atoms with Crippen molar-refractivity contribution in [3.8, 4) is 5.75 Å². The maximum Gasteiger partial charge on any atom is 0.255 e. The number of carbonyl (C=O) groups is 4. The number of fused-ring (bicyclic) bond motifs is 1. The number of hydrogen-bond donors (Lipinski definition) is 3. The van der Waals surface area contributed by atoms with Crippen LogP contribution in [0.4, 0.5) is 0 Å². The summed E-state index contributed by atoms with van der Waals surface area (Å²) in [6.07, 6.45) is 2.27. The lowest BCUT2D eigenvalue weighted by atomic mass is 10.0. The van der Waals surface area contributed by atoms with E-state index in [0.717, 1.165) is 31.5 Å². The number of likely N-dealkylation sites (N-methyl/N-ethyl adjacent to an activating group) is 2. The number of para-hydroxylation sites is 1. The van der Waals surface area contributed by atoms with Gasteiger partial charge < -0.3 is 25.6 Å². The molecule has 0 spiro atoms.